The van der Waals surface area contributed by atoms with Gasteiger partial charge in [-0.2, -0.15) is 0 Å². The lowest BCUT2D eigenvalue weighted by Crippen LogP contribution is -2.32. The van der Waals surface area contributed by atoms with E-state index in [1.165, 1.54) is 0 Å². The molecular formula is C9H10O4. The maximum Gasteiger partial charge on any atom is 0.307 e. The van der Waals surface area contributed by atoms with Crippen molar-refractivity contribution in [3.8, 4) is 0 Å². The van der Waals surface area contributed by atoms with Crippen LogP contribution in [0.25, 0.3) is 0 Å². The second-order valence-corrected chi connectivity index (χ2v) is 3.68. The normalized spacial score (nSPS) is 40.9. The molecule has 0 aliphatic heterocycles. The molecule has 4 atom stereocenters. The SMILES string of the molecule is O=C(O)[C@H]1[C@H](C(=O)O)[C@H]2C=C[C@H]1C2. The highest BCUT2D eigenvalue weighted by Gasteiger charge is 2.51. The summed E-state index contributed by atoms with van der Waals surface area (Å²) in [6.07, 6.45) is 4.36. The molecule has 2 N–H and O–H groups in total. The predicted molar refractivity (Wildman–Crippen MR) is 43.0 cm³/mol. The van der Waals surface area contributed by atoms with Crippen LogP contribution in [-0.2, 0) is 9.59 Å². The Balaban J connectivity index is 2.30. The number of allylic oxidation sites excluding steroid dienone is 2. The molecule has 1 saturated carbocycles. The van der Waals surface area contributed by atoms with Crippen LogP contribution < -0.4 is 0 Å². The van der Waals surface area contributed by atoms with Crippen LogP contribution in [0.2, 0.25) is 0 Å². The molecule has 2 aliphatic rings. The molecule has 0 aromatic rings. The number of rotatable bonds is 2. The third kappa shape index (κ3) is 1.05. The second kappa shape index (κ2) is 2.58. The zero-order valence-electron chi connectivity index (χ0n) is 6.88. The predicted octanol–water partition coefficient (Wildman–Crippen LogP) is 0.594. The standard InChI is InChI=1S/C9H10O4/c10-8(11)6-4-1-2-5(3-4)7(6)9(12)13/h1-2,4-7H,3H2,(H,10,11)(H,12,13)/t4-,5-,6+,7+/m0/s1. The van der Waals surface area contributed by atoms with E-state index in [4.69, 9.17) is 10.2 Å². The van der Waals surface area contributed by atoms with E-state index >= 15 is 0 Å². The zero-order valence-corrected chi connectivity index (χ0v) is 6.88. The van der Waals surface area contributed by atoms with Gasteiger partial charge < -0.3 is 10.2 Å². The second-order valence-electron chi connectivity index (χ2n) is 3.68. The third-order valence-corrected chi connectivity index (χ3v) is 3.03. The van der Waals surface area contributed by atoms with E-state index in [9.17, 15) is 9.59 Å². The Bertz CT molecular complexity index is 266. The van der Waals surface area contributed by atoms with E-state index in [1.54, 1.807) is 0 Å². The first-order valence-corrected chi connectivity index (χ1v) is 4.25. The summed E-state index contributed by atoms with van der Waals surface area (Å²) in [6, 6.07) is 0. The van der Waals surface area contributed by atoms with E-state index in [0.717, 1.165) is 0 Å². The van der Waals surface area contributed by atoms with Crippen molar-refractivity contribution >= 4 is 11.9 Å². The van der Waals surface area contributed by atoms with E-state index in [0.29, 0.717) is 6.42 Å². The maximum absolute atomic E-state index is 10.8. The molecule has 1 fully saturated rings. The molecule has 13 heavy (non-hydrogen) atoms. The summed E-state index contributed by atoms with van der Waals surface area (Å²) in [6.45, 7) is 0. The van der Waals surface area contributed by atoms with E-state index in [-0.39, 0.29) is 11.8 Å². The van der Waals surface area contributed by atoms with Gasteiger partial charge in [0.2, 0.25) is 0 Å². The molecule has 4 nitrogen and oxygen atoms in total. The van der Waals surface area contributed by atoms with Gasteiger partial charge in [-0.1, -0.05) is 12.2 Å². The van der Waals surface area contributed by atoms with Gasteiger partial charge in [0.25, 0.3) is 0 Å². The van der Waals surface area contributed by atoms with E-state index < -0.39 is 23.8 Å². The summed E-state index contributed by atoms with van der Waals surface area (Å²) in [4.78, 5) is 21.6. The molecule has 0 aromatic carbocycles. The highest BCUT2D eigenvalue weighted by molar-refractivity contribution is 5.82. The quantitative estimate of drug-likeness (QED) is 0.613. The Labute approximate surface area is 74.9 Å². The van der Waals surface area contributed by atoms with Crippen molar-refractivity contribution in [2.45, 2.75) is 6.42 Å². The molecule has 0 amide bonds. The summed E-state index contributed by atoms with van der Waals surface area (Å²) in [5, 5.41) is 17.7. The average molecular weight is 182 g/mol. The van der Waals surface area contributed by atoms with Gasteiger partial charge >= 0.3 is 11.9 Å². The molecule has 2 rings (SSSR count). The van der Waals surface area contributed by atoms with Crippen molar-refractivity contribution in [1.29, 1.82) is 0 Å². The minimum atomic E-state index is -0.982. The number of hydrogen-bond donors (Lipinski definition) is 2. The minimum Gasteiger partial charge on any atom is -0.481 e. The lowest BCUT2D eigenvalue weighted by atomic mass is 9.83. The molecule has 0 spiro atoms. The molecule has 0 heterocycles. The van der Waals surface area contributed by atoms with Crippen LogP contribution in [0.4, 0.5) is 0 Å². The van der Waals surface area contributed by atoms with Crippen molar-refractivity contribution in [2.24, 2.45) is 23.7 Å². The summed E-state index contributed by atoms with van der Waals surface area (Å²) >= 11 is 0. The number of carboxylic acid groups (broad SMARTS) is 2. The Morgan fingerprint density at radius 2 is 1.38 bits per heavy atom. The van der Waals surface area contributed by atoms with Gasteiger partial charge in [-0.05, 0) is 18.3 Å². The maximum atomic E-state index is 10.8. The van der Waals surface area contributed by atoms with Crippen LogP contribution in [0, 0.1) is 23.7 Å². The average Bonchev–Trinajstić information content (AvgIpc) is 2.60. The van der Waals surface area contributed by atoms with Gasteiger partial charge in [-0.3, -0.25) is 9.59 Å². The Morgan fingerprint density at radius 1 is 1.00 bits per heavy atom. The molecule has 0 saturated heterocycles. The fraction of sp³-hybridized carbons (Fsp3) is 0.556. The number of aliphatic carboxylic acids is 2. The van der Waals surface area contributed by atoms with Crippen LogP contribution in [0.15, 0.2) is 12.2 Å². The van der Waals surface area contributed by atoms with Gasteiger partial charge in [0, 0.05) is 0 Å². The number of carbonyl (C=O) groups is 2. The third-order valence-electron chi connectivity index (χ3n) is 3.03. The lowest BCUT2D eigenvalue weighted by Gasteiger charge is -2.20. The van der Waals surface area contributed by atoms with Gasteiger partial charge in [0.05, 0.1) is 11.8 Å². The van der Waals surface area contributed by atoms with Crippen molar-refractivity contribution in [3.63, 3.8) is 0 Å². The first-order valence-electron chi connectivity index (χ1n) is 4.25. The molecular weight excluding hydrogens is 172 g/mol. The number of hydrogen-bond acceptors (Lipinski definition) is 2. The smallest absolute Gasteiger partial charge is 0.307 e. The summed E-state index contributed by atoms with van der Waals surface area (Å²) < 4.78 is 0. The van der Waals surface area contributed by atoms with Gasteiger partial charge in [0.1, 0.15) is 0 Å². The minimum absolute atomic E-state index is 0.0661. The zero-order chi connectivity index (χ0) is 9.59. The van der Waals surface area contributed by atoms with E-state index in [2.05, 4.69) is 0 Å². The first kappa shape index (κ1) is 8.29. The monoisotopic (exact) mass is 182 g/mol. The van der Waals surface area contributed by atoms with Crippen LogP contribution in [-0.4, -0.2) is 22.2 Å². The van der Waals surface area contributed by atoms with Crippen LogP contribution in [0.3, 0.4) is 0 Å². The van der Waals surface area contributed by atoms with Gasteiger partial charge in [-0.15, -0.1) is 0 Å². The van der Waals surface area contributed by atoms with Crippen molar-refractivity contribution in [1.82, 2.24) is 0 Å². The Hall–Kier alpha value is -1.32. The molecule has 2 aliphatic carbocycles. The van der Waals surface area contributed by atoms with Gasteiger partial charge in [0.15, 0.2) is 0 Å². The van der Waals surface area contributed by atoms with Crippen LogP contribution in [0.5, 0.6) is 0 Å². The first-order chi connectivity index (χ1) is 6.11. The molecule has 2 bridgehead atoms. The summed E-state index contributed by atoms with van der Waals surface area (Å²) in [5.41, 5.74) is 0. The van der Waals surface area contributed by atoms with E-state index in [1.807, 2.05) is 12.2 Å². The van der Waals surface area contributed by atoms with Crippen molar-refractivity contribution in [3.05, 3.63) is 12.2 Å². The summed E-state index contributed by atoms with van der Waals surface area (Å²) in [5.74, 6) is -3.53. The van der Waals surface area contributed by atoms with Gasteiger partial charge in [-0.25, -0.2) is 0 Å². The summed E-state index contributed by atoms with van der Waals surface area (Å²) in [7, 11) is 0. The number of carboxylic acids is 2. The largest absolute Gasteiger partial charge is 0.481 e. The lowest BCUT2D eigenvalue weighted by molar-refractivity contribution is -0.154. The molecule has 70 valence electrons. The topological polar surface area (TPSA) is 74.6 Å². The fourth-order valence-corrected chi connectivity index (χ4v) is 2.50. The van der Waals surface area contributed by atoms with Crippen LogP contribution in [0.1, 0.15) is 6.42 Å². The molecule has 4 heteroatoms. The highest BCUT2D eigenvalue weighted by atomic mass is 16.4. The van der Waals surface area contributed by atoms with Crippen molar-refractivity contribution < 1.29 is 19.8 Å². The Morgan fingerprint density at radius 3 is 1.69 bits per heavy atom. The molecule has 0 unspecified atom stereocenters. The van der Waals surface area contributed by atoms with Crippen LogP contribution >= 0.6 is 0 Å². The number of fused-ring (bicyclic) bond motifs is 2. The molecule has 0 aromatic heterocycles. The molecule has 0 radical (unpaired) electrons. The Kier molecular flexibility index (Phi) is 1.65. The highest BCUT2D eigenvalue weighted by Crippen LogP contribution is 2.48. The van der Waals surface area contributed by atoms with Crippen molar-refractivity contribution in [2.75, 3.05) is 0 Å². The fourth-order valence-electron chi connectivity index (χ4n) is 2.50.